The highest BCUT2D eigenvalue weighted by atomic mass is 16.2. The number of nitrogens with one attached hydrogen (secondary N) is 1. The molecule has 1 unspecified atom stereocenters. The van der Waals surface area contributed by atoms with Gasteiger partial charge in [0, 0.05) is 32.7 Å². The SMILES string of the molecule is CN1C(=O)c2cc(C(=O)N3CCCC3)nn2CC1(C)C(=O)NCc1ccccc1. The molecule has 1 aromatic carbocycles. The quantitative estimate of drug-likeness (QED) is 0.845. The Bertz CT molecular complexity index is 948. The molecule has 8 nitrogen and oxygen atoms in total. The van der Waals surface area contributed by atoms with Gasteiger partial charge < -0.3 is 15.1 Å². The summed E-state index contributed by atoms with van der Waals surface area (Å²) in [6.07, 6.45) is 1.97. The minimum Gasteiger partial charge on any atom is -0.350 e. The predicted octanol–water partition coefficient (Wildman–Crippen LogP) is 1.28. The van der Waals surface area contributed by atoms with Gasteiger partial charge in [-0.3, -0.25) is 19.1 Å². The van der Waals surface area contributed by atoms with Crippen molar-refractivity contribution < 1.29 is 14.4 Å². The summed E-state index contributed by atoms with van der Waals surface area (Å²) in [7, 11) is 1.61. The van der Waals surface area contributed by atoms with Gasteiger partial charge in [-0.2, -0.15) is 5.10 Å². The lowest BCUT2D eigenvalue weighted by molar-refractivity contribution is -0.132. The van der Waals surface area contributed by atoms with Crippen LogP contribution in [0.4, 0.5) is 0 Å². The fraction of sp³-hybridized carbons (Fsp3) is 0.429. The largest absolute Gasteiger partial charge is 0.350 e. The zero-order chi connectivity index (χ0) is 20.6. The van der Waals surface area contributed by atoms with Crippen LogP contribution in [0.5, 0.6) is 0 Å². The van der Waals surface area contributed by atoms with E-state index >= 15 is 0 Å². The molecule has 152 valence electrons. The number of benzene rings is 1. The Hall–Kier alpha value is -3.16. The molecule has 2 aromatic rings. The topological polar surface area (TPSA) is 87.5 Å². The maximum atomic E-state index is 13.0. The van der Waals surface area contributed by atoms with E-state index in [1.807, 2.05) is 30.3 Å². The lowest BCUT2D eigenvalue weighted by Gasteiger charge is -2.40. The van der Waals surface area contributed by atoms with Crippen LogP contribution in [-0.2, 0) is 17.9 Å². The molecule has 3 heterocycles. The summed E-state index contributed by atoms with van der Waals surface area (Å²) in [5.41, 5.74) is 0.479. The molecule has 8 heteroatoms. The zero-order valence-corrected chi connectivity index (χ0v) is 16.7. The van der Waals surface area contributed by atoms with Crippen molar-refractivity contribution in [1.29, 1.82) is 0 Å². The van der Waals surface area contributed by atoms with Crippen LogP contribution in [0.1, 0.15) is 46.3 Å². The van der Waals surface area contributed by atoms with Crippen molar-refractivity contribution in [1.82, 2.24) is 24.9 Å². The molecule has 2 aliphatic heterocycles. The minimum atomic E-state index is -1.10. The van der Waals surface area contributed by atoms with Crippen LogP contribution in [0.15, 0.2) is 36.4 Å². The van der Waals surface area contributed by atoms with Crippen LogP contribution >= 0.6 is 0 Å². The maximum Gasteiger partial charge on any atom is 0.274 e. The van der Waals surface area contributed by atoms with Crippen molar-refractivity contribution in [2.24, 2.45) is 0 Å². The van der Waals surface area contributed by atoms with E-state index in [1.165, 1.54) is 9.58 Å². The Balaban J connectivity index is 1.54. The number of rotatable bonds is 4. The molecule has 4 rings (SSSR count). The average Bonchev–Trinajstić information content (AvgIpc) is 3.41. The first-order valence-electron chi connectivity index (χ1n) is 9.87. The van der Waals surface area contributed by atoms with Gasteiger partial charge >= 0.3 is 0 Å². The van der Waals surface area contributed by atoms with Gasteiger partial charge in [0.1, 0.15) is 11.2 Å². The van der Waals surface area contributed by atoms with Crippen LogP contribution in [-0.4, -0.2) is 63.0 Å². The van der Waals surface area contributed by atoms with Crippen LogP contribution in [0, 0.1) is 0 Å². The van der Waals surface area contributed by atoms with E-state index in [4.69, 9.17) is 0 Å². The first kappa shape index (κ1) is 19.2. The predicted molar refractivity (Wildman–Crippen MR) is 106 cm³/mol. The summed E-state index contributed by atoms with van der Waals surface area (Å²) in [5, 5.41) is 7.29. The van der Waals surface area contributed by atoms with Crippen molar-refractivity contribution in [3.63, 3.8) is 0 Å². The number of aromatic nitrogens is 2. The number of carbonyl (C=O) groups excluding carboxylic acids is 3. The van der Waals surface area contributed by atoms with Gasteiger partial charge in [-0.15, -0.1) is 0 Å². The summed E-state index contributed by atoms with van der Waals surface area (Å²) >= 11 is 0. The number of hydrogen-bond acceptors (Lipinski definition) is 4. The van der Waals surface area contributed by atoms with Gasteiger partial charge in [0.2, 0.25) is 5.91 Å². The van der Waals surface area contributed by atoms with E-state index in [1.54, 1.807) is 24.9 Å². The number of amides is 3. The Labute approximate surface area is 169 Å². The van der Waals surface area contributed by atoms with Crippen LogP contribution in [0.25, 0.3) is 0 Å². The molecule has 29 heavy (non-hydrogen) atoms. The monoisotopic (exact) mass is 395 g/mol. The smallest absolute Gasteiger partial charge is 0.274 e. The highest BCUT2D eigenvalue weighted by Crippen LogP contribution is 2.26. The second-order valence-corrected chi connectivity index (χ2v) is 7.88. The Morgan fingerprint density at radius 2 is 1.86 bits per heavy atom. The molecule has 0 aliphatic carbocycles. The minimum absolute atomic E-state index is 0.157. The number of likely N-dealkylation sites (N-methyl/N-ethyl adjacent to an activating group) is 1. The van der Waals surface area contributed by atoms with Crippen molar-refractivity contribution in [2.75, 3.05) is 20.1 Å². The second-order valence-electron chi connectivity index (χ2n) is 7.88. The van der Waals surface area contributed by atoms with Crippen molar-refractivity contribution >= 4 is 17.7 Å². The molecule has 0 radical (unpaired) electrons. The number of carbonyl (C=O) groups is 3. The molecule has 0 saturated carbocycles. The van der Waals surface area contributed by atoms with E-state index in [2.05, 4.69) is 10.4 Å². The molecule has 1 N–H and O–H groups in total. The van der Waals surface area contributed by atoms with Crippen LogP contribution in [0.3, 0.4) is 0 Å². The Kier molecular flexibility index (Phi) is 4.86. The first-order chi connectivity index (χ1) is 13.9. The van der Waals surface area contributed by atoms with Crippen molar-refractivity contribution in [3.8, 4) is 0 Å². The number of likely N-dealkylation sites (tertiary alicyclic amines) is 1. The van der Waals surface area contributed by atoms with Gasteiger partial charge in [-0.05, 0) is 25.3 Å². The van der Waals surface area contributed by atoms with Gasteiger partial charge in [0.05, 0.1) is 6.54 Å². The molecule has 1 saturated heterocycles. The highest BCUT2D eigenvalue weighted by molar-refractivity contribution is 6.01. The van der Waals surface area contributed by atoms with Gasteiger partial charge in [0.15, 0.2) is 5.69 Å². The Morgan fingerprint density at radius 1 is 1.17 bits per heavy atom. The molecular formula is C21H25N5O3. The van der Waals surface area contributed by atoms with Crippen LogP contribution in [0.2, 0.25) is 0 Å². The lowest BCUT2D eigenvalue weighted by Crippen LogP contribution is -2.62. The van der Waals surface area contributed by atoms with Crippen molar-refractivity contribution in [3.05, 3.63) is 53.3 Å². The molecule has 0 bridgehead atoms. The number of fused-ring (bicyclic) bond motifs is 1. The lowest BCUT2D eigenvalue weighted by atomic mass is 9.96. The highest BCUT2D eigenvalue weighted by Gasteiger charge is 2.46. The summed E-state index contributed by atoms with van der Waals surface area (Å²) in [6.45, 7) is 3.72. The molecular weight excluding hydrogens is 370 g/mol. The number of nitrogens with zero attached hydrogens (tertiary/aromatic N) is 4. The fourth-order valence-electron chi connectivity index (χ4n) is 3.88. The third kappa shape index (κ3) is 3.39. The third-order valence-electron chi connectivity index (χ3n) is 5.90. The van der Waals surface area contributed by atoms with Crippen LogP contribution < -0.4 is 5.32 Å². The van der Waals surface area contributed by atoms with E-state index < -0.39 is 5.54 Å². The fourth-order valence-corrected chi connectivity index (χ4v) is 3.88. The zero-order valence-electron chi connectivity index (χ0n) is 16.7. The van der Waals surface area contributed by atoms with Gasteiger partial charge in [0.25, 0.3) is 11.8 Å². The summed E-state index contributed by atoms with van der Waals surface area (Å²) in [6, 6.07) is 11.1. The first-order valence-corrected chi connectivity index (χ1v) is 9.87. The van der Waals surface area contributed by atoms with E-state index in [0.29, 0.717) is 25.3 Å². The summed E-state index contributed by atoms with van der Waals surface area (Å²) in [4.78, 5) is 41.8. The molecule has 1 atom stereocenters. The molecule has 1 aromatic heterocycles. The summed E-state index contributed by atoms with van der Waals surface area (Å²) < 4.78 is 1.49. The molecule has 0 spiro atoms. The Morgan fingerprint density at radius 3 is 2.55 bits per heavy atom. The number of hydrogen-bond donors (Lipinski definition) is 1. The standard InChI is InChI=1S/C21H25N5O3/c1-21(20(29)22-13-15-8-4-3-5-9-15)14-26-17(19(28)24(21)2)12-16(23-26)18(27)25-10-6-7-11-25/h3-5,8-9,12H,6-7,10-11,13-14H2,1-2H3,(H,22,29). The van der Waals surface area contributed by atoms with E-state index in [9.17, 15) is 14.4 Å². The van der Waals surface area contributed by atoms with E-state index in [-0.39, 0.29) is 30.0 Å². The maximum absolute atomic E-state index is 13.0. The summed E-state index contributed by atoms with van der Waals surface area (Å²) in [5.74, 6) is -0.734. The van der Waals surface area contributed by atoms with Gasteiger partial charge in [-0.25, -0.2) is 0 Å². The van der Waals surface area contributed by atoms with E-state index in [0.717, 1.165) is 18.4 Å². The van der Waals surface area contributed by atoms with Crippen molar-refractivity contribution in [2.45, 2.75) is 38.4 Å². The third-order valence-corrected chi connectivity index (χ3v) is 5.90. The second kappa shape index (κ2) is 7.35. The normalized spacial score (nSPS) is 21.2. The molecule has 2 aliphatic rings. The van der Waals surface area contributed by atoms with Gasteiger partial charge in [-0.1, -0.05) is 30.3 Å². The molecule has 3 amide bonds. The molecule has 1 fully saturated rings. The average molecular weight is 395 g/mol.